The van der Waals surface area contributed by atoms with Crippen molar-refractivity contribution in [2.24, 2.45) is 5.92 Å². The van der Waals surface area contributed by atoms with Gasteiger partial charge in [0.25, 0.3) is 0 Å². The Balaban J connectivity index is 1.43. The predicted molar refractivity (Wildman–Crippen MR) is 168 cm³/mol. The summed E-state index contributed by atoms with van der Waals surface area (Å²) < 4.78 is 12.8. The van der Waals surface area contributed by atoms with E-state index in [9.17, 15) is 19.2 Å². The summed E-state index contributed by atoms with van der Waals surface area (Å²) in [6.45, 7) is 6.26. The number of nitrogens with one attached hydrogen (secondary N) is 4. The van der Waals surface area contributed by atoms with Gasteiger partial charge in [0.05, 0.1) is 12.6 Å². The zero-order valence-electron chi connectivity index (χ0n) is 26.3. The highest BCUT2D eigenvalue weighted by molar-refractivity contribution is 5.93. The highest BCUT2D eigenvalue weighted by atomic mass is 16.5. The Labute approximate surface area is 267 Å². The van der Waals surface area contributed by atoms with Gasteiger partial charge in [0, 0.05) is 18.6 Å². The molecule has 6 rings (SSSR count). The topological polar surface area (TPSA) is 166 Å². The summed E-state index contributed by atoms with van der Waals surface area (Å²) in [6.07, 6.45) is 0.926. The van der Waals surface area contributed by atoms with Crippen molar-refractivity contribution in [2.75, 3.05) is 19.8 Å². The Morgan fingerprint density at radius 3 is 2.46 bits per heavy atom. The molecule has 2 aromatic carbocycles. The maximum Gasteiger partial charge on any atom is 0.249 e. The standard InChI is InChI=1S/C33H41N7O6/c1-20(2)28-33(44)35-21(3)30-38-29(23-8-5-4-6-9-23)39-40(30)19-27(41)34-15-17-45-24-13-11-22(12-14-24)18-25(31(42)37-28)36-32(43)26-10-7-16-46-26/h4-6,8-9,11-14,20-21,25-26,28H,7,10,15-19H2,1-3H3,(H,34,41)(H,35,44)(H,36,43)(H,37,42)/t21-,25-,26-,28+/m0/s1. The molecule has 0 saturated carbocycles. The van der Waals surface area contributed by atoms with Crippen LogP contribution in [0.25, 0.3) is 11.4 Å². The number of nitrogens with zero attached hydrogens (tertiary/aromatic N) is 3. The minimum absolute atomic E-state index is 0.124. The fourth-order valence-corrected chi connectivity index (χ4v) is 5.42. The molecule has 2 bridgehead atoms. The number of fused-ring (bicyclic) bond motifs is 14. The molecule has 3 aromatic rings. The van der Waals surface area contributed by atoms with Crippen LogP contribution in [0.2, 0.25) is 0 Å². The van der Waals surface area contributed by atoms with Crippen LogP contribution < -0.4 is 26.0 Å². The molecule has 0 spiro atoms. The fraction of sp³-hybridized carbons (Fsp3) is 0.455. The lowest BCUT2D eigenvalue weighted by molar-refractivity contribution is -0.136. The van der Waals surface area contributed by atoms with Crippen molar-refractivity contribution < 1.29 is 28.7 Å². The lowest BCUT2D eigenvalue weighted by atomic mass is 10.00. The molecule has 1 aromatic heterocycles. The molecular formula is C33H41N7O6. The third-order valence-corrected chi connectivity index (χ3v) is 7.93. The molecule has 46 heavy (non-hydrogen) atoms. The van der Waals surface area contributed by atoms with Crippen molar-refractivity contribution in [1.82, 2.24) is 36.0 Å². The van der Waals surface area contributed by atoms with E-state index in [-0.39, 0.29) is 43.8 Å². The van der Waals surface area contributed by atoms with Crippen molar-refractivity contribution in [3.8, 4) is 17.1 Å². The number of benzene rings is 2. The first-order valence-electron chi connectivity index (χ1n) is 15.7. The van der Waals surface area contributed by atoms with Crippen LogP contribution in [0.15, 0.2) is 54.6 Å². The van der Waals surface area contributed by atoms with Gasteiger partial charge in [0.15, 0.2) is 5.82 Å². The van der Waals surface area contributed by atoms with E-state index in [1.54, 1.807) is 19.1 Å². The van der Waals surface area contributed by atoms with Gasteiger partial charge in [0.2, 0.25) is 23.6 Å². The molecule has 0 aliphatic carbocycles. The number of carbonyl (C=O) groups excluding carboxylic acids is 4. The second-order valence-electron chi connectivity index (χ2n) is 11.9. The van der Waals surface area contributed by atoms with Gasteiger partial charge < -0.3 is 30.7 Å². The van der Waals surface area contributed by atoms with Gasteiger partial charge in [-0.25, -0.2) is 9.67 Å². The molecule has 13 heteroatoms. The van der Waals surface area contributed by atoms with Crippen LogP contribution in [0, 0.1) is 5.92 Å². The number of ether oxygens (including phenoxy) is 2. The quantitative estimate of drug-likeness (QED) is 0.338. The normalized spacial score (nSPS) is 23.1. The Bertz CT molecular complexity index is 1520. The van der Waals surface area contributed by atoms with Crippen LogP contribution in [-0.2, 0) is 36.9 Å². The highest BCUT2D eigenvalue weighted by Crippen LogP contribution is 2.20. The summed E-state index contributed by atoms with van der Waals surface area (Å²) in [4.78, 5) is 58.0. The molecule has 244 valence electrons. The highest BCUT2D eigenvalue weighted by Gasteiger charge is 2.33. The van der Waals surface area contributed by atoms with Crippen LogP contribution in [0.1, 0.15) is 51.0 Å². The number of hydrogen-bond acceptors (Lipinski definition) is 8. The first-order chi connectivity index (χ1) is 22.2. The second kappa shape index (κ2) is 15.0. The van der Waals surface area contributed by atoms with Gasteiger partial charge in [0.1, 0.15) is 42.9 Å². The summed E-state index contributed by atoms with van der Waals surface area (Å²) in [5, 5.41) is 16.1. The predicted octanol–water partition coefficient (Wildman–Crippen LogP) is 1.68. The second-order valence-corrected chi connectivity index (χ2v) is 11.9. The Morgan fingerprint density at radius 2 is 1.76 bits per heavy atom. The largest absolute Gasteiger partial charge is 0.492 e. The Hall–Kier alpha value is -4.78. The fourth-order valence-electron chi connectivity index (χ4n) is 5.42. The zero-order chi connectivity index (χ0) is 32.6. The minimum Gasteiger partial charge on any atom is -0.492 e. The molecule has 4 atom stereocenters. The molecular weight excluding hydrogens is 590 g/mol. The first kappa shape index (κ1) is 32.6. The number of carbonyl (C=O) groups is 4. The van der Waals surface area contributed by atoms with Gasteiger partial charge in [-0.1, -0.05) is 56.3 Å². The summed E-state index contributed by atoms with van der Waals surface area (Å²) in [6, 6.07) is 14.0. The van der Waals surface area contributed by atoms with E-state index in [4.69, 9.17) is 9.47 Å². The van der Waals surface area contributed by atoms with Gasteiger partial charge >= 0.3 is 0 Å². The third kappa shape index (κ3) is 8.27. The maximum atomic E-state index is 13.7. The molecule has 3 aliphatic rings. The average molecular weight is 632 g/mol. The average Bonchev–Trinajstić information content (AvgIpc) is 3.73. The van der Waals surface area contributed by atoms with Crippen LogP contribution >= 0.6 is 0 Å². The number of amides is 4. The zero-order valence-corrected chi connectivity index (χ0v) is 26.3. The van der Waals surface area contributed by atoms with E-state index in [1.807, 2.05) is 56.3 Å². The number of rotatable bonds is 4. The maximum absolute atomic E-state index is 13.7. The van der Waals surface area contributed by atoms with E-state index < -0.39 is 36.0 Å². The molecule has 3 aliphatic heterocycles. The van der Waals surface area contributed by atoms with Crippen molar-refractivity contribution >= 4 is 23.6 Å². The Kier molecular flexibility index (Phi) is 10.6. The number of aromatic nitrogens is 3. The minimum atomic E-state index is -0.952. The third-order valence-electron chi connectivity index (χ3n) is 7.93. The lowest BCUT2D eigenvalue weighted by Gasteiger charge is -2.27. The Morgan fingerprint density at radius 1 is 1.00 bits per heavy atom. The van der Waals surface area contributed by atoms with Crippen molar-refractivity contribution in [3.63, 3.8) is 0 Å². The van der Waals surface area contributed by atoms with Crippen LogP contribution in [-0.4, -0.2) is 76.3 Å². The summed E-state index contributed by atoms with van der Waals surface area (Å²) in [5.41, 5.74) is 1.55. The lowest BCUT2D eigenvalue weighted by Crippen LogP contribution is -2.57. The van der Waals surface area contributed by atoms with Gasteiger partial charge in [-0.2, -0.15) is 5.10 Å². The monoisotopic (exact) mass is 631 g/mol. The SMILES string of the molecule is CC(C)[C@H]1NC(=O)[C@@H](NC(=O)[C@@H]2CCCO2)Cc2ccc(cc2)OCCNC(=O)Cn2nc(-c3ccccc3)nc2[C@H](C)NC1=O. The molecule has 4 amide bonds. The van der Waals surface area contributed by atoms with Crippen LogP contribution in [0.4, 0.5) is 0 Å². The van der Waals surface area contributed by atoms with Crippen molar-refractivity contribution in [2.45, 2.75) is 70.8 Å². The van der Waals surface area contributed by atoms with Crippen molar-refractivity contribution in [1.29, 1.82) is 0 Å². The van der Waals surface area contributed by atoms with E-state index >= 15 is 0 Å². The molecule has 1 fully saturated rings. The van der Waals surface area contributed by atoms with E-state index in [0.29, 0.717) is 30.4 Å². The van der Waals surface area contributed by atoms with Gasteiger partial charge in [-0.05, 0) is 43.4 Å². The van der Waals surface area contributed by atoms with Crippen LogP contribution in [0.3, 0.4) is 0 Å². The van der Waals surface area contributed by atoms with E-state index in [1.165, 1.54) is 4.68 Å². The van der Waals surface area contributed by atoms with Crippen molar-refractivity contribution in [3.05, 3.63) is 66.0 Å². The molecule has 0 radical (unpaired) electrons. The van der Waals surface area contributed by atoms with Gasteiger partial charge in [-0.15, -0.1) is 0 Å². The van der Waals surface area contributed by atoms with Crippen LogP contribution in [0.5, 0.6) is 5.75 Å². The van der Waals surface area contributed by atoms with E-state index in [2.05, 4.69) is 31.3 Å². The summed E-state index contributed by atoms with van der Waals surface area (Å²) >= 11 is 0. The first-order valence-corrected chi connectivity index (χ1v) is 15.7. The van der Waals surface area contributed by atoms with E-state index in [0.717, 1.165) is 17.5 Å². The molecule has 4 heterocycles. The summed E-state index contributed by atoms with van der Waals surface area (Å²) in [5.74, 6) is -0.485. The number of hydrogen-bond donors (Lipinski definition) is 4. The molecule has 4 N–H and O–H groups in total. The van der Waals surface area contributed by atoms with Gasteiger partial charge in [-0.3, -0.25) is 19.2 Å². The molecule has 0 unspecified atom stereocenters. The smallest absolute Gasteiger partial charge is 0.249 e. The molecule has 13 nitrogen and oxygen atoms in total. The molecule has 1 saturated heterocycles. The summed E-state index contributed by atoms with van der Waals surface area (Å²) in [7, 11) is 0.